The number of benzene rings is 2. The topological polar surface area (TPSA) is 29.1 Å². The van der Waals surface area contributed by atoms with Gasteiger partial charge in [-0.1, -0.05) is 49.7 Å². The molecule has 104 valence electrons. The van der Waals surface area contributed by atoms with E-state index in [0.717, 1.165) is 4.90 Å². The van der Waals surface area contributed by atoms with Crippen molar-refractivity contribution in [2.24, 2.45) is 0 Å². The second kappa shape index (κ2) is 6.82. The highest BCUT2D eigenvalue weighted by Gasteiger charge is 2.13. The number of hydrogen-bond acceptors (Lipinski definition) is 2. The van der Waals surface area contributed by atoms with Gasteiger partial charge in [0.15, 0.2) is 0 Å². The maximum absolute atomic E-state index is 12.4. The molecule has 0 spiro atoms. The fourth-order valence-electron chi connectivity index (χ4n) is 1.76. The van der Waals surface area contributed by atoms with E-state index in [1.54, 1.807) is 23.9 Å². The Balaban J connectivity index is 2.23. The second-order valence-corrected chi connectivity index (χ2v) is 6.62. The van der Waals surface area contributed by atoms with E-state index in [0.29, 0.717) is 21.5 Å². The Bertz CT molecular complexity index is 613. The van der Waals surface area contributed by atoms with Crippen LogP contribution in [0.4, 0.5) is 5.69 Å². The molecule has 2 nitrogen and oxygen atoms in total. The third-order valence-electron chi connectivity index (χ3n) is 2.62. The van der Waals surface area contributed by atoms with Crippen LogP contribution in [0.5, 0.6) is 0 Å². The summed E-state index contributed by atoms with van der Waals surface area (Å²) in [5, 5.41) is 3.81. The van der Waals surface area contributed by atoms with Gasteiger partial charge in [-0.3, -0.25) is 4.79 Å². The molecule has 0 saturated heterocycles. The number of thioether (sulfide) groups is 1. The van der Waals surface area contributed by atoms with Gasteiger partial charge in [0.25, 0.3) is 5.91 Å². The summed E-state index contributed by atoms with van der Waals surface area (Å²) in [6.07, 6.45) is 0. The van der Waals surface area contributed by atoms with E-state index in [4.69, 9.17) is 11.6 Å². The SMILES string of the molecule is CC(C)Sc1ccccc1C(=O)Nc1ccccc1Cl. The van der Waals surface area contributed by atoms with E-state index in [1.807, 2.05) is 36.4 Å². The highest BCUT2D eigenvalue weighted by atomic mass is 35.5. The van der Waals surface area contributed by atoms with Crippen LogP contribution >= 0.6 is 23.4 Å². The van der Waals surface area contributed by atoms with Gasteiger partial charge in [0.05, 0.1) is 16.3 Å². The van der Waals surface area contributed by atoms with Crippen LogP contribution < -0.4 is 5.32 Å². The van der Waals surface area contributed by atoms with Crippen LogP contribution in [0, 0.1) is 0 Å². The summed E-state index contributed by atoms with van der Waals surface area (Å²) in [6.45, 7) is 4.21. The lowest BCUT2D eigenvalue weighted by Gasteiger charge is -2.12. The molecular weight excluding hydrogens is 290 g/mol. The van der Waals surface area contributed by atoms with Crippen molar-refractivity contribution < 1.29 is 4.79 Å². The van der Waals surface area contributed by atoms with Crippen molar-refractivity contribution in [3.05, 3.63) is 59.1 Å². The third kappa shape index (κ3) is 3.78. The number of para-hydroxylation sites is 1. The van der Waals surface area contributed by atoms with Gasteiger partial charge in [-0.25, -0.2) is 0 Å². The average molecular weight is 306 g/mol. The molecule has 1 amide bonds. The van der Waals surface area contributed by atoms with Gasteiger partial charge in [-0.05, 0) is 24.3 Å². The Kier molecular flexibility index (Phi) is 5.10. The summed E-state index contributed by atoms with van der Waals surface area (Å²) in [4.78, 5) is 13.4. The molecule has 0 aliphatic rings. The molecule has 0 saturated carbocycles. The lowest BCUT2D eigenvalue weighted by molar-refractivity contribution is 0.102. The first-order valence-electron chi connectivity index (χ1n) is 6.39. The van der Waals surface area contributed by atoms with Crippen LogP contribution in [0.25, 0.3) is 0 Å². The molecule has 0 heterocycles. The molecule has 0 radical (unpaired) electrons. The standard InChI is InChI=1S/C16H16ClNOS/c1-11(2)20-15-10-6-3-7-12(15)16(19)18-14-9-5-4-8-13(14)17/h3-11H,1-2H3,(H,18,19). The van der Waals surface area contributed by atoms with Crippen molar-refractivity contribution in [1.29, 1.82) is 0 Å². The van der Waals surface area contributed by atoms with Crippen LogP contribution in [-0.2, 0) is 0 Å². The number of amides is 1. The van der Waals surface area contributed by atoms with Crippen molar-refractivity contribution in [2.75, 3.05) is 5.32 Å². The summed E-state index contributed by atoms with van der Waals surface area (Å²) in [6, 6.07) is 14.8. The van der Waals surface area contributed by atoms with E-state index in [-0.39, 0.29) is 5.91 Å². The highest BCUT2D eigenvalue weighted by Crippen LogP contribution is 2.28. The highest BCUT2D eigenvalue weighted by molar-refractivity contribution is 8.00. The molecule has 0 atom stereocenters. The van der Waals surface area contributed by atoms with Crippen molar-refractivity contribution in [2.45, 2.75) is 24.0 Å². The van der Waals surface area contributed by atoms with Gasteiger partial charge < -0.3 is 5.32 Å². The van der Waals surface area contributed by atoms with E-state index in [9.17, 15) is 4.79 Å². The number of carbonyl (C=O) groups is 1. The average Bonchev–Trinajstić information content (AvgIpc) is 2.41. The molecule has 2 aromatic carbocycles. The Labute approximate surface area is 128 Å². The predicted octanol–water partition coefficient (Wildman–Crippen LogP) is 5.09. The second-order valence-electron chi connectivity index (χ2n) is 4.60. The summed E-state index contributed by atoms with van der Waals surface area (Å²) in [5.41, 5.74) is 1.30. The summed E-state index contributed by atoms with van der Waals surface area (Å²) < 4.78 is 0. The third-order valence-corrected chi connectivity index (χ3v) is 4.03. The summed E-state index contributed by atoms with van der Waals surface area (Å²) >= 11 is 7.73. The Morgan fingerprint density at radius 1 is 1.10 bits per heavy atom. The van der Waals surface area contributed by atoms with Crippen molar-refractivity contribution in [3.8, 4) is 0 Å². The predicted molar refractivity (Wildman–Crippen MR) is 86.8 cm³/mol. The molecule has 0 aliphatic carbocycles. The molecule has 0 aromatic heterocycles. The Hall–Kier alpha value is -1.45. The van der Waals surface area contributed by atoms with E-state index in [1.165, 1.54) is 0 Å². The fraction of sp³-hybridized carbons (Fsp3) is 0.188. The molecule has 0 fully saturated rings. The lowest BCUT2D eigenvalue weighted by atomic mass is 10.2. The van der Waals surface area contributed by atoms with Crippen molar-refractivity contribution in [3.63, 3.8) is 0 Å². The van der Waals surface area contributed by atoms with Gasteiger partial charge in [-0.15, -0.1) is 11.8 Å². The van der Waals surface area contributed by atoms with Crippen LogP contribution in [0.1, 0.15) is 24.2 Å². The summed E-state index contributed by atoms with van der Waals surface area (Å²) in [7, 11) is 0. The van der Waals surface area contributed by atoms with E-state index < -0.39 is 0 Å². The molecule has 0 aliphatic heterocycles. The number of nitrogens with one attached hydrogen (secondary N) is 1. The normalized spacial score (nSPS) is 10.6. The Morgan fingerprint density at radius 2 is 1.75 bits per heavy atom. The number of anilines is 1. The van der Waals surface area contributed by atoms with Crippen LogP contribution in [0.15, 0.2) is 53.4 Å². The van der Waals surface area contributed by atoms with Crippen LogP contribution in [-0.4, -0.2) is 11.2 Å². The molecule has 0 bridgehead atoms. The minimum atomic E-state index is -0.137. The molecule has 4 heteroatoms. The van der Waals surface area contributed by atoms with Gasteiger partial charge in [0, 0.05) is 10.1 Å². The number of rotatable bonds is 4. The van der Waals surface area contributed by atoms with Crippen molar-refractivity contribution >= 4 is 35.0 Å². The molecule has 1 N–H and O–H groups in total. The number of halogens is 1. The fourth-order valence-corrected chi connectivity index (χ4v) is 2.90. The van der Waals surface area contributed by atoms with Gasteiger partial charge in [-0.2, -0.15) is 0 Å². The Morgan fingerprint density at radius 3 is 2.45 bits per heavy atom. The van der Waals surface area contributed by atoms with E-state index >= 15 is 0 Å². The largest absolute Gasteiger partial charge is 0.321 e. The van der Waals surface area contributed by atoms with Gasteiger partial charge in [0.1, 0.15) is 0 Å². The minimum Gasteiger partial charge on any atom is -0.321 e. The van der Waals surface area contributed by atoms with Crippen LogP contribution in [0.3, 0.4) is 0 Å². The monoisotopic (exact) mass is 305 g/mol. The zero-order valence-corrected chi connectivity index (χ0v) is 13.0. The number of carbonyl (C=O) groups excluding carboxylic acids is 1. The maximum atomic E-state index is 12.4. The van der Waals surface area contributed by atoms with Crippen molar-refractivity contribution in [1.82, 2.24) is 0 Å². The first-order chi connectivity index (χ1) is 9.58. The molecule has 2 aromatic rings. The van der Waals surface area contributed by atoms with Gasteiger partial charge >= 0.3 is 0 Å². The molecular formula is C16H16ClNOS. The van der Waals surface area contributed by atoms with E-state index in [2.05, 4.69) is 19.2 Å². The molecule has 2 rings (SSSR count). The lowest BCUT2D eigenvalue weighted by Crippen LogP contribution is -2.13. The maximum Gasteiger partial charge on any atom is 0.256 e. The molecule has 20 heavy (non-hydrogen) atoms. The quantitative estimate of drug-likeness (QED) is 0.797. The summed E-state index contributed by atoms with van der Waals surface area (Å²) in [5.74, 6) is -0.137. The van der Waals surface area contributed by atoms with Gasteiger partial charge in [0.2, 0.25) is 0 Å². The van der Waals surface area contributed by atoms with Crippen LogP contribution in [0.2, 0.25) is 5.02 Å². The molecule has 0 unspecified atom stereocenters. The zero-order valence-electron chi connectivity index (χ0n) is 11.4. The minimum absolute atomic E-state index is 0.137. The zero-order chi connectivity index (χ0) is 14.5. The smallest absolute Gasteiger partial charge is 0.256 e. The first-order valence-corrected chi connectivity index (χ1v) is 7.65. The number of hydrogen-bond donors (Lipinski definition) is 1. The first kappa shape index (κ1) is 14.9.